The average molecular weight is 146 g/mol. The molecule has 0 aliphatic heterocycles. The molecule has 0 bridgehead atoms. The van der Waals surface area contributed by atoms with Crippen LogP contribution in [-0.2, 0) is 4.79 Å². The highest BCUT2D eigenvalue weighted by atomic mass is 16.4. The molecular formula is C6H14N2O2. The second-order valence-corrected chi connectivity index (χ2v) is 2.57. The van der Waals surface area contributed by atoms with E-state index in [0.29, 0.717) is 6.42 Å². The Labute approximate surface area is 60.2 Å². The molecule has 0 saturated carbocycles. The molecule has 0 aliphatic rings. The van der Waals surface area contributed by atoms with E-state index in [2.05, 4.69) is 0 Å². The molecule has 0 spiro atoms. The molecule has 0 aromatic carbocycles. The van der Waals surface area contributed by atoms with E-state index in [9.17, 15) is 4.79 Å². The van der Waals surface area contributed by atoms with Crippen molar-refractivity contribution in [3.8, 4) is 0 Å². The van der Waals surface area contributed by atoms with Gasteiger partial charge in [-0.15, -0.1) is 0 Å². The monoisotopic (exact) mass is 146 g/mol. The maximum Gasteiger partial charge on any atom is 0.304 e. The third-order valence-corrected chi connectivity index (χ3v) is 1.11. The van der Waals surface area contributed by atoms with Crippen LogP contribution < -0.4 is 11.5 Å². The number of rotatable bonds is 4. The van der Waals surface area contributed by atoms with Crippen molar-refractivity contribution in [2.75, 3.05) is 0 Å². The maximum absolute atomic E-state index is 10.1. The largest absolute Gasteiger partial charge is 0.481 e. The molecule has 4 heteroatoms. The number of carboxylic acids is 1. The van der Waals surface area contributed by atoms with Crippen molar-refractivity contribution in [1.82, 2.24) is 0 Å². The lowest BCUT2D eigenvalue weighted by Crippen LogP contribution is -2.31. The van der Waals surface area contributed by atoms with Gasteiger partial charge in [-0.2, -0.15) is 0 Å². The van der Waals surface area contributed by atoms with E-state index < -0.39 is 5.97 Å². The van der Waals surface area contributed by atoms with Gasteiger partial charge in [0, 0.05) is 12.1 Å². The lowest BCUT2D eigenvalue weighted by Gasteiger charge is -2.10. The number of hydrogen-bond donors (Lipinski definition) is 3. The molecule has 10 heavy (non-hydrogen) atoms. The molecule has 0 saturated heterocycles. The molecule has 0 radical (unpaired) electrons. The van der Waals surface area contributed by atoms with Gasteiger partial charge in [0.2, 0.25) is 0 Å². The van der Waals surface area contributed by atoms with Crippen LogP contribution in [-0.4, -0.2) is 23.2 Å². The predicted molar refractivity (Wildman–Crippen MR) is 38.5 cm³/mol. The standard InChI is InChI=1S/C6H14N2O2/c1-4(7)2-5(8)3-6(9)10/h4-5H,2-3,7-8H2,1H3,(H,9,10)/t4-,5+/m0/s1. The molecule has 4 nitrogen and oxygen atoms in total. The fraction of sp³-hybridized carbons (Fsp3) is 0.833. The van der Waals surface area contributed by atoms with E-state index in [1.807, 2.05) is 6.92 Å². The minimum absolute atomic E-state index is 0.00153. The van der Waals surface area contributed by atoms with Crippen LogP contribution in [0.1, 0.15) is 19.8 Å². The van der Waals surface area contributed by atoms with Crippen LogP contribution in [0.4, 0.5) is 0 Å². The Morgan fingerprint density at radius 1 is 1.60 bits per heavy atom. The summed E-state index contributed by atoms with van der Waals surface area (Å²) in [6, 6.07) is -0.327. The number of nitrogens with two attached hydrogens (primary N) is 2. The van der Waals surface area contributed by atoms with Crippen LogP contribution in [0.5, 0.6) is 0 Å². The van der Waals surface area contributed by atoms with E-state index in [1.54, 1.807) is 0 Å². The van der Waals surface area contributed by atoms with Gasteiger partial charge in [-0.3, -0.25) is 4.79 Å². The van der Waals surface area contributed by atoms with Crippen LogP contribution in [0.2, 0.25) is 0 Å². The minimum Gasteiger partial charge on any atom is -0.481 e. The second-order valence-electron chi connectivity index (χ2n) is 2.57. The Kier molecular flexibility index (Phi) is 3.99. The lowest BCUT2D eigenvalue weighted by atomic mass is 10.1. The SMILES string of the molecule is C[C@H](N)C[C@@H](N)CC(=O)O. The summed E-state index contributed by atoms with van der Waals surface area (Å²) in [6.07, 6.45) is 0.563. The first-order chi connectivity index (χ1) is 4.52. The van der Waals surface area contributed by atoms with E-state index in [0.717, 1.165) is 0 Å². The van der Waals surface area contributed by atoms with E-state index in [4.69, 9.17) is 16.6 Å². The third kappa shape index (κ3) is 5.53. The average Bonchev–Trinajstić information content (AvgIpc) is 1.58. The Morgan fingerprint density at radius 3 is 2.40 bits per heavy atom. The zero-order valence-electron chi connectivity index (χ0n) is 6.08. The smallest absolute Gasteiger partial charge is 0.304 e. The highest BCUT2D eigenvalue weighted by Crippen LogP contribution is 1.96. The normalized spacial score (nSPS) is 16.3. The molecule has 0 rings (SSSR count). The molecule has 0 heterocycles. The van der Waals surface area contributed by atoms with E-state index in [1.165, 1.54) is 0 Å². The van der Waals surface area contributed by atoms with Crippen LogP contribution in [0.3, 0.4) is 0 Å². The van der Waals surface area contributed by atoms with Crippen molar-refractivity contribution in [3.63, 3.8) is 0 Å². The number of hydrogen-bond acceptors (Lipinski definition) is 3. The summed E-state index contributed by atoms with van der Waals surface area (Å²) in [5.74, 6) is -0.867. The van der Waals surface area contributed by atoms with Gasteiger partial charge < -0.3 is 16.6 Å². The van der Waals surface area contributed by atoms with Gasteiger partial charge in [0.25, 0.3) is 0 Å². The summed E-state index contributed by atoms with van der Waals surface area (Å²) in [5, 5.41) is 8.28. The van der Waals surface area contributed by atoms with Gasteiger partial charge in [0.1, 0.15) is 0 Å². The summed E-state index contributed by atoms with van der Waals surface area (Å²) in [5.41, 5.74) is 10.8. The van der Waals surface area contributed by atoms with Crippen LogP contribution in [0.25, 0.3) is 0 Å². The van der Waals surface area contributed by atoms with Crippen LogP contribution in [0, 0.1) is 0 Å². The summed E-state index contributed by atoms with van der Waals surface area (Å²) >= 11 is 0. The quantitative estimate of drug-likeness (QED) is 0.500. The van der Waals surface area contributed by atoms with Gasteiger partial charge in [-0.25, -0.2) is 0 Å². The molecule has 0 aromatic rings. The molecule has 0 aliphatic carbocycles. The van der Waals surface area contributed by atoms with Crippen molar-refractivity contribution >= 4 is 5.97 Å². The zero-order chi connectivity index (χ0) is 8.15. The first-order valence-corrected chi connectivity index (χ1v) is 3.25. The Bertz CT molecular complexity index is 114. The highest BCUT2D eigenvalue weighted by molar-refractivity contribution is 5.67. The highest BCUT2D eigenvalue weighted by Gasteiger charge is 2.09. The fourth-order valence-electron chi connectivity index (χ4n) is 0.785. The van der Waals surface area contributed by atoms with E-state index >= 15 is 0 Å². The number of carboxylic acid groups (broad SMARTS) is 1. The Morgan fingerprint density at radius 2 is 2.10 bits per heavy atom. The van der Waals surface area contributed by atoms with Crippen molar-refractivity contribution < 1.29 is 9.90 Å². The first-order valence-electron chi connectivity index (χ1n) is 3.25. The van der Waals surface area contributed by atoms with Crippen molar-refractivity contribution in [3.05, 3.63) is 0 Å². The molecule has 0 fully saturated rings. The van der Waals surface area contributed by atoms with Gasteiger partial charge in [0.15, 0.2) is 0 Å². The van der Waals surface area contributed by atoms with E-state index in [-0.39, 0.29) is 18.5 Å². The van der Waals surface area contributed by atoms with Gasteiger partial charge in [-0.05, 0) is 13.3 Å². The van der Waals surface area contributed by atoms with Gasteiger partial charge in [0.05, 0.1) is 6.42 Å². The molecule has 60 valence electrons. The second kappa shape index (κ2) is 4.24. The van der Waals surface area contributed by atoms with Crippen LogP contribution >= 0.6 is 0 Å². The molecule has 5 N–H and O–H groups in total. The topological polar surface area (TPSA) is 89.3 Å². The molecule has 0 aromatic heterocycles. The molecule has 0 amide bonds. The first kappa shape index (κ1) is 9.39. The molecular weight excluding hydrogens is 132 g/mol. The zero-order valence-corrected chi connectivity index (χ0v) is 6.08. The minimum atomic E-state index is -0.867. The Hall–Kier alpha value is -0.610. The summed E-state index contributed by atoms with van der Waals surface area (Å²) in [4.78, 5) is 10.1. The maximum atomic E-state index is 10.1. The molecule has 2 atom stereocenters. The predicted octanol–water partition coefficient (Wildman–Crippen LogP) is -0.474. The van der Waals surface area contributed by atoms with Crippen LogP contribution in [0.15, 0.2) is 0 Å². The third-order valence-electron chi connectivity index (χ3n) is 1.11. The number of carbonyl (C=O) groups is 1. The van der Waals surface area contributed by atoms with Crippen molar-refractivity contribution in [2.24, 2.45) is 11.5 Å². The van der Waals surface area contributed by atoms with Crippen molar-refractivity contribution in [1.29, 1.82) is 0 Å². The van der Waals surface area contributed by atoms with Gasteiger partial charge in [-0.1, -0.05) is 0 Å². The van der Waals surface area contributed by atoms with Crippen molar-refractivity contribution in [2.45, 2.75) is 31.8 Å². The number of aliphatic carboxylic acids is 1. The fourth-order valence-corrected chi connectivity index (χ4v) is 0.785. The summed E-state index contributed by atoms with van der Waals surface area (Å²) in [6.45, 7) is 1.81. The van der Waals surface area contributed by atoms with Gasteiger partial charge >= 0.3 is 5.97 Å². The molecule has 0 unspecified atom stereocenters. The lowest BCUT2D eigenvalue weighted by molar-refractivity contribution is -0.137. The summed E-state index contributed by atoms with van der Waals surface area (Å²) in [7, 11) is 0. The Balaban J connectivity index is 3.43. The summed E-state index contributed by atoms with van der Waals surface area (Å²) < 4.78 is 0.